The lowest BCUT2D eigenvalue weighted by atomic mass is 10.1. The van der Waals surface area contributed by atoms with E-state index in [1.54, 1.807) is 24.3 Å². The van der Waals surface area contributed by atoms with Gasteiger partial charge in [0.2, 0.25) is 0 Å². The van der Waals surface area contributed by atoms with Crippen LogP contribution in [0.2, 0.25) is 0 Å². The number of ether oxygens (including phenoxy) is 1. The average Bonchev–Trinajstić information content (AvgIpc) is 3.14. The second kappa shape index (κ2) is 6.97. The number of hydrogen-bond acceptors (Lipinski definition) is 5. The zero-order valence-corrected chi connectivity index (χ0v) is 14.1. The van der Waals surface area contributed by atoms with Gasteiger partial charge in [0.15, 0.2) is 12.4 Å². The van der Waals surface area contributed by atoms with E-state index >= 15 is 0 Å². The molecule has 124 valence electrons. The topological polar surface area (TPSA) is 72.5 Å². The van der Waals surface area contributed by atoms with Gasteiger partial charge in [-0.2, -0.15) is 0 Å². The number of hydrogen-bond donors (Lipinski definition) is 1. The van der Waals surface area contributed by atoms with Crippen LogP contribution in [-0.2, 0) is 22.4 Å². The van der Waals surface area contributed by atoms with Crippen LogP contribution in [0.25, 0.3) is 0 Å². The highest BCUT2D eigenvalue weighted by Crippen LogP contribution is 2.30. The van der Waals surface area contributed by atoms with E-state index in [0.29, 0.717) is 16.1 Å². The minimum absolute atomic E-state index is 0.143. The molecule has 5 nitrogen and oxygen atoms in total. The van der Waals surface area contributed by atoms with Crippen molar-refractivity contribution in [3.05, 3.63) is 51.2 Å². The van der Waals surface area contributed by atoms with Crippen LogP contribution in [0.3, 0.4) is 0 Å². The van der Waals surface area contributed by atoms with E-state index in [-0.39, 0.29) is 12.4 Å². The molecule has 2 aromatic rings. The molecule has 0 fully saturated rings. The van der Waals surface area contributed by atoms with E-state index in [0.717, 1.165) is 19.3 Å². The second-order valence-corrected chi connectivity index (χ2v) is 6.78. The van der Waals surface area contributed by atoms with Crippen molar-refractivity contribution in [2.75, 3.05) is 11.9 Å². The first-order chi connectivity index (χ1) is 11.5. The number of aryl methyl sites for hydroxylation is 2. The number of fused-ring (bicyclic) bond motifs is 1. The van der Waals surface area contributed by atoms with Gasteiger partial charge in [-0.15, -0.1) is 11.3 Å². The van der Waals surface area contributed by atoms with Crippen LogP contribution in [0, 0.1) is 0 Å². The number of para-hydroxylation sites is 1. The third-order valence-corrected chi connectivity index (χ3v) is 5.08. The fraction of sp³-hybridized carbons (Fsp3) is 0.278. The molecular weight excluding hydrogens is 326 g/mol. The van der Waals surface area contributed by atoms with Gasteiger partial charge in [-0.3, -0.25) is 9.59 Å². The van der Waals surface area contributed by atoms with Crippen molar-refractivity contribution in [1.82, 2.24) is 0 Å². The molecule has 1 aromatic heterocycles. The van der Waals surface area contributed by atoms with E-state index in [1.807, 2.05) is 6.07 Å². The summed E-state index contributed by atoms with van der Waals surface area (Å²) >= 11 is 1.44. The van der Waals surface area contributed by atoms with Gasteiger partial charge in [-0.1, -0.05) is 12.1 Å². The van der Waals surface area contributed by atoms with Crippen molar-refractivity contribution in [1.29, 1.82) is 0 Å². The first kappa shape index (κ1) is 16.4. The Labute approximate surface area is 143 Å². The third-order valence-electron chi connectivity index (χ3n) is 3.86. The lowest BCUT2D eigenvalue weighted by Gasteiger charge is -2.09. The molecule has 0 atom stereocenters. The van der Waals surface area contributed by atoms with Gasteiger partial charge in [-0.25, -0.2) is 4.79 Å². The van der Waals surface area contributed by atoms with Crippen LogP contribution < -0.4 is 5.32 Å². The van der Waals surface area contributed by atoms with Gasteiger partial charge in [-0.05, 0) is 49.9 Å². The van der Waals surface area contributed by atoms with Gasteiger partial charge in [0.1, 0.15) is 4.88 Å². The maximum atomic E-state index is 12.0. The number of ketones is 1. The molecule has 0 saturated heterocycles. The van der Waals surface area contributed by atoms with E-state index in [4.69, 9.17) is 4.74 Å². The Hall–Kier alpha value is -2.47. The number of thiophene rings is 1. The number of amides is 1. The van der Waals surface area contributed by atoms with Crippen LogP contribution >= 0.6 is 11.3 Å². The molecule has 0 saturated carbocycles. The molecule has 0 bridgehead atoms. The summed E-state index contributed by atoms with van der Waals surface area (Å²) in [5, 5.41) is 2.60. The number of carbonyl (C=O) groups is 3. The molecule has 1 heterocycles. The summed E-state index contributed by atoms with van der Waals surface area (Å²) in [6, 6.07) is 8.58. The summed E-state index contributed by atoms with van der Waals surface area (Å²) in [6.45, 7) is 1.05. The van der Waals surface area contributed by atoms with Crippen molar-refractivity contribution >= 4 is 34.7 Å². The third kappa shape index (κ3) is 3.54. The molecule has 1 amide bonds. The number of benzene rings is 1. The molecule has 1 aromatic carbocycles. The van der Waals surface area contributed by atoms with E-state index in [9.17, 15) is 14.4 Å². The number of nitrogens with one attached hydrogen (secondary N) is 1. The lowest BCUT2D eigenvalue weighted by Crippen LogP contribution is -2.21. The summed E-state index contributed by atoms with van der Waals surface area (Å²) in [4.78, 5) is 37.3. The maximum Gasteiger partial charge on any atom is 0.348 e. The first-order valence-corrected chi connectivity index (χ1v) is 8.55. The van der Waals surface area contributed by atoms with Crippen LogP contribution in [-0.4, -0.2) is 24.3 Å². The predicted molar refractivity (Wildman–Crippen MR) is 91.7 cm³/mol. The fourth-order valence-electron chi connectivity index (χ4n) is 2.72. The number of carbonyl (C=O) groups excluding carboxylic acids is 3. The van der Waals surface area contributed by atoms with Crippen LogP contribution in [0.4, 0.5) is 5.69 Å². The highest BCUT2D eigenvalue weighted by molar-refractivity contribution is 7.14. The molecular formula is C18H17NO4S. The van der Waals surface area contributed by atoms with Crippen molar-refractivity contribution in [3.8, 4) is 0 Å². The quantitative estimate of drug-likeness (QED) is 0.668. The standard InChI is InChI=1S/C18H17NO4S/c1-11(20)13-6-2-3-7-14(13)19-17(21)10-23-18(22)16-9-12-5-4-8-15(12)24-16/h2-3,6-7,9H,4-5,8,10H2,1H3,(H,19,21). The smallest absolute Gasteiger partial charge is 0.348 e. The number of esters is 1. The molecule has 0 unspecified atom stereocenters. The highest BCUT2D eigenvalue weighted by atomic mass is 32.1. The fourth-order valence-corrected chi connectivity index (χ4v) is 3.86. The monoisotopic (exact) mass is 343 g/mol. The molecule has 0 spiro atoms. The summed E-state index contributed by atoms with van der Waals surface area (Å²) in [6.07, 6.45) is 3.14. The molecule has 1 aliphatic rings. The number of Topliss-reactive ketones (excluding diaryl/α,β-unsaturated/α-hetero) is 1. The highest BCUT2D eigenvalue weighted by Gasteiger charge is 2.20. The van der Waals surface area contributed by atoms with Crippen LogP contribution in [0.15, 0.2) is 30.3 Å². The normalized spacial score (nSPS) is 12.5. The molecule has 6 heteroatoms. The van der Waals surface area contributed by atoms with Crippen molar-refractivity contribution in [2.45, 2.75) is 26.2 Å². The molecule has 1 aliphatic carbocycles. The zero-order chi connectivity index (χ0) is 17.1. The second-order valence-electron chi connectivity index (χ2n) is 5.64. The van der Waals surface area contributed by atoms with E-state index in [2.05, 4.69) is 5.32 Å². The summed E-state index contributed by atoms with van der Waals surface area (Å²) in [7, 11) is 0. The van der Waals surface area contributed by atoms with Crippen LogP contribution in [0.5, 0.6) is 0 Å². The Morgan fingerprint density at radius 3 is 2.75 bits per heavy atom. The van der Waals surface area contributed by atoms with Crippen LogP contribution in [0.1, 0.15) is 43.8 Å². The largest absolute Gasteiger partial charge is 0.451 e. The van der Waals surface area contributed by atoms with Crippen molar-refractivity contribution in [2.24, 2.45) is 0 Å². The van der Waals surface area contributed by atoms with Gasteiger partial charge in [0.25, 0.3) is 5.91 Å². The zero-order valence-electron chi connectivity index (χ0n) is 13.3. The SMILES string of the molecule is CC(=O)c1ccccc1NC(=O)COC(=O)c1cc2c(s1)CCC2. The molecule has 24 heavy (non-hydrogen) atoms. The summed E-state index contributed by atoms with van der Waals surface area (Å²) < 4.78 is 5.07. The molecule has 3 rings (SSSR count). The Balaban J connectivity index is 1.57. The first-order valence-electron chi connectivity index (χ1n) is 7.73. The van der Waals surface area contributed by atoms with Crippen molar-refractivity contribution in [3.63, 3.8) is 0 Å². The van der Waals surface area contributed by atoms with Gasteiger partial charge in [0, 0.05) is 10.4 Å². The van der Waals surface area contributed by atoms with E-state index in [1.165, 1.54) is 28.7 Å². The Morgan fingerprint density at radius 2 is 2.00 bits per heavy atom. The minimum Gasteiger partial charge on any atom is -0.451 e. The lowest BCUT2D eigenvalue weighted by molar-refractivity contribution is -0.119. The predicted octanol–water partition coefficient (Wildman–Crippen LogP) is 3.23. The minimum atomic E-state index is -0.482. The van der Waals surface area contributed by atoms with Gasteiger partial charge < -0.3 is 10.1 Å². The number of anilines is 1. The van der Waals surface area contributed by atoms with E-state index < -0.39 is 11.9 Å². The Morgan fingerprint density at radius 1 is 1.21 bits per heavy atom. The average molecular weight is 343 g/mol. The van der Waals surface area contributed by atoms with Gasteiger partial charge in [0.05, 0.1) is 5.69 Å². The van der Waals surface area contributed by atoms with Crippen molar-refractivity contribution < 1.29 is 19.1 Å². The summed E-state index contributed by atoms with van der Waals surface area (Å²) in [5.74, 6) is -1.10. The maximum absolute atomic E-state index is 12.0. The molecule has 1 N–H and O–H groups in total. The summed E-state index contributed by atoms with van der Waals surface area (Å²) in [5.41, 5.74) is 2.06. The number of rotatable bonds is 5. The molecule has 0 aliphatic heterocycles. The Kier molecular flexibility index (Phi) is 4.76. The van der Waals surface area contributed by atoms with Gasteiger partial charge >= 0.3 is 5.97 Å². The molecule has 0 radical (unpaired) electrons. The Bertz CT molecular complexity index is 788.